The van der Waals surface area contributed by atoms with Crippen molar-refractivity contribution < 1.29 is 14.2 Å². The minimum Gasteiger partial charge on any atom is -0.493 e. The van der Waals surface area contributed by atoms with Crippen LogP contribution in [-0.4, -0.2) is 20.8 Å². The van der Waals surface area contributed by atoms with Gasteiger partial charge in [0.15, 0.2) is 11.5 Å². The van der Waals surface area contributed by atoms with Crippen molar-refractivity contribution in [2.24, 2.45) is 0 Å². The maximum atomic E-state index is 6.56. The smallest absolute Gasteiger partial charge is 0.161 e. The highest BCUT2D eigenvalue weighted by atomic mass is 35.5. The molecule has 0 aromatic heterocycles. The van der Waals surface area contributed by atoms with Crippen LogP contribution in [0.1, 0.15) is 41.0 Å². The molecule has 0 aliphatic carbocycles. The molecule has 2 unspecified atom stereocenters. The summed E-state index contributed by atoms with van der Waals surface area (Å²) in [5.41, 5.74) is 3.62. The maximum absolute atomic E-state index is 6.56. The average molecular weight is 347 g/mol. The van der Waals surface area contributed by atoms with Crippen molar-refractivity contribution in [2.45, 2.75) is 30.7 Å². The summed E-state index contributed by atoms with van der Waals surface area (Å²) in [5, 5.41) is 0.000297. The first-order valence-electron chi connectivity index (χ1n) is 8.28. The molecule has 2 aromatic rings. The minimum atomic E-state index is 0.000297. The summed E-state index contributed by atoms with van der Waals surface area (Å²) >= 11 is 6.56. The van der Waals surface area contributed by atoms with Crippen molar-refractivity contribution in [3.63, 3.8) is 0 Å². The van der Waals surface area contributed by atoms with Crippen molar-refractivity contribution in [1.29, 1.82) is 0 Å². The Bertz CT molecular complexity index is 672. The average Bonchev–Trinajstić information content (AvgIpc) is 2.65. The first kappa shape index (κ1) is 17.1. The largest absolute Gasteiger partial charge is 0.493 e. The molecule has 1 heterocycles. The zero-order chi connectivity index (χ0) is 16.9. The number of hydrogen-bond acceptors (Lipinski definition) is 3. The molecule has 128 valence electrons. The number of ether oxygens (including phenoxy) is 3. The van der Waals surface area contributed by atoms with Crippen LogP contribution in [0.25, 0.3) is 0 Å². The van der Waals surface area contributed by atoms with Crippen LogP contribution in [0, 0.1) is 0 Å². The molecule has 2 aromatic carbocycles. The lowest BCUT2D eigenvalue weighted by Gasteiger charge is -2.28. The predicted molar refractivity (Wildman–Crippen MR) is 96.2 cm³/mol. The molecule has 1 aliphatic rings. The molecule has 0 saturated carbocycles. The van der Waals surface area contributed by atoms with Crippen molar-refractivity contribution in [1.82, 2.24) is 0 Å². The fourth-order valence-electron chi connectivity index (χ4n) is 3.22. The number of fused-ring (bicyclic) bond motifs is 1. The van der Waals surface area contributed by atoms with E-state index < -0.39 is 0 Å². The maximum Gasteiger partial charge on any atom is 0.161 e. The number of methoxy groups -OCH3 is 2. The fourth-order valence-corrected chi connectivity index (χ4v) is 3.49. The molecule has 3 nitrogen and oxygen atoms in total. The van der Waals surface area contributed by atoms with Crippen molar-refractivity contribution in [3.05, 3.63) is 59.2 Å². The second-order valence-electron chi connectivity index (χ2n) is 5.97. The van der Waals surface area contributed by atoms with Crippen LogP contribution in [0.15, 0.2) is 42.5 Å². The highest BCUT2D eigenvalue weighted by molar-refractivity contribution is 6.20. The lowest BCUT2D eigenvalue weighted by molar-refractivity contribution is 0.0348. The summed E-state index contributed by atoms with van der Waals surface area (Å²) in [4.78, 5) is 0. The van der Waals surface area contributed by atoms with Gasteiger partial charge in [0.05, 0.1) is 32.3 Å². The summed E-state index contributed by atoms with van der Waals surface area (Å²) in [5.74, 6) is 1.52. The van der Waals surface area contributed by atoms with Gasteiger partial charge in [0, 0.05) is 0 Å². The Hall–Kier alpha value is -1.71. The Labute approximate surface area is 148 Å². The molecule has 0 radical (unpaired) electrons. The molecule has 0 bridgehead atoms. The second kappa shape index (κ2) is 7.91. The third-order valence-electron chi connectivity index (χ3n) is 4.53. The van der Waals surface area contributed by atoms with Crippen LogP contribution in [-0.2, 0) is 11.2 Å². The van der Waals surface area contributed by atoms with Crippen molar-refractivity contribution in [3.8, 4) is 11.5 Å². The molecule has 0 amide bonds. The standard InChI is InChI=1S/C20H23ClO3/c1-22-19-12-15-10-11-24-18(16(15)13-20(19)23-2)9-8-17(21)14-6-4-3-5-7-14/h3-7,12-13,17-18H,8-11H2,1-2H3. The van der Waals surface area contributed by atoms with Crippen LogP contribution in [0.4, 0.5) is 0 Å². The van der Waals surface area contributed by atoms with E-state index in [0.717, 1.165) is 42.9 Å². The number of hydrogen-bond donors (Lipinski definition) is 0. The third-order valence-corrected chi connectivity index (χ3v) is 5.00. The fraction of sp³-hybridized carbons (Fsp3) is 0.400. The molecule has 0 spiro atoms. The highest BCUT2D eigenvalue weighted by Gasteiger charge is 2.24. The third kappa shape index (κ3) is 3.68. The Balaban J connectivity index is 1.74. The summed E-state index contributed by atoms with van der Waals surface area (Å²) in [7, 11) is 3.33. The van der Waals surface area contributed by atoms with Gasteiger partial charge in [-0.2, -0.15) is 0 Å². The molecular formula is C20H23ClO3. The van der Waals surface area contributed by atoms with Gasteiger partial charge in [-0.3, -0.25) is 0 Å². The van der Waals surface area contributed by atoms with Gasteiger partial charge in [-0.25, -0.2) is 0 Å². The summed E-state index contributed by atoms with van der Waals surface area (Å²) < 4.78 is 16.9. The van der Waals surface area contributed by atoms with Gasteiger partial charge in [-0.15, -0.1) is 11.6 Å². The quantitative estimate of drug-likeness (QED) is 0.683. The van der Waals surface area contributed by atoms with Gasteiger partial charge in [0.1, 0.15) is 0 Å². The van der Waals surface area contributed by atoms with E-state index in [1.165, 1.54) is 11.1 Å². The van der Waals surface area contributed by atoms with Gasteiger partial charge in [-0.05, 0) is 48.1 Å². The summed E-state index contributed by atoms with van der Waals surface area (Å²) in [6.07, 6.45) is 2.70. The van der Waals surface area contributed by atoms with E-state index in [-0.39, 0.29) is 11.5 Å². The number of halogens is 1. The molecular weight excluding hydrogens is 324 g/mol. The Kier molecular flexibility index (Phi) is 5.64. The second-order valence-corrected chi connectivity index (χ2v) is 6.50. The lowest BCUT2D eigenvalue weighted by atomic mass is 9.93. The predicted octanol–water partition coefficient (Wildman–Crippen LogP) is 5.08. The van der Waals surface area contributed by atoms with Gasteiger partial charge >= 0.3 is 0 Å². The van der Waals surface area contributed by atoms with E-state index >= 15 is 0 Å². The Morgan fingerprint density at radius 1 is 1.12 bits per heavy atom. The van der Waals surface area contributed by atoms with Crippen LogP contribution < -0.4 is 9.47 Å². The molecule has 4 heteroatoms. The van der Waals surface area contributed by atoms with E-state index in [1.807, 2.05) is 24.3 Å². The van der Waals surface area contributed by atoms with E-state index in [0.29, 0.717) is 0 Å². The van der Waals surface area contributed by atoms with Crippen molar-refractivity contribution in [2.75, 3.05) is 20.8 Å². The van der Waals surface area contributed by atoms with Crippen LogP contribution in [0.3, 0.4) is 0 Å². The molecule has 0 saturated heterocycles. The first-order valence-corrected chi connectivity index (χ1v) is 8.72. The monoisotopic (exact) mass is 346 g/mol. The lowest BCUT2D eigenvalue weighted by Crippen LogP contribution is -2.17. The van der Waals surface area contributed by atoms with Crippen LogP contribution in [0.2, 0.25) is 0 Å². The van der Waals surface area contributed by atoms with E-state index in [9.17, 15) is 0 Å². The zero-order valence-electron chi connectivity index (χ0n) is 14.1. The first-order chi connectivity index (χ1) is 11.7. The zero-order valence-corrected chi connectivity index (χ0v) is 14.9. The minimum absolute atomic E-state index is 0.000297. The highest BCUT2D eigenvalue weighted by Crippen LogP contribution is 2.40. The van der Waals surface area contributed by atoms with Crippen molar-refractivity contribution >= 4 is 11.6 Å². The topological polar surface area (TPSA) is 27.7 Å². The number of rotatable bonds is 6. The SMILES string of the molecule is COc1cc2c(cc1OC)C(CCC(Cl)c1ccccc1)OCC2. The molecule has 24 heavy (non-hydrogen) atoms. The molecule has 0 fully saturated rings. The molecule has 0 N–H and O–H groups in total. The summed E-state index contributed by atoms with van der Waals surface area (Å²) in [6.45, 7) is 0.728. The molecule has 3 rings (SSSR count). The molecule has 1 aliphatic heterocycles. The van der Waals surface area contributed by atoms with Crippen LogP contribution >= 0.6 is 11.6 Å². The number of alkyl halides is 1. The Morgan fingerprint density at radius 2 is 1.83 bits per heavy atom. The molecule has 2 atom stereocenters. The Morgan fingerprint density at radius 3 is 2.54 bits per heavy atom. The number of benzene rings is 2. The van der Waals surface area contributed by atoms with E-state index in [1.54, 1.807) is 14.2 Å². The normalized spacial score (nSPS) is 17.9. The van der Waals surface area contributed by atoms with Gasteiger partial charge in [0.25, 0.3) is 0 Å². The van der Waals surface area contributed by atoms with E-state index in [4.69, 9.17) is 25.8 Å². The van der Waals surface area contributed by atoms with Crippen LogP contribution in [0.5, 0.6) is 11.5 Å². The van der Waals surface area contributed by atoms with Gasteiger partial charge < -0.3 is 14.2 Å². The van der Waals surface area contributed by atoms with E-state index in [2.05, 4.69) is 18.2 Å². The van der Waals surface area contributed by atoms with Gasteiger partial charge in [0.2, 0.25) is 0 Å². The van der Waals surface area contributed by atoms with Gasteiger partial charge in [-0.1, -0.05) is 30.3 Å². The summed E-state index contributed by atoms with van der Waals surface area (Å²) in [6, 6.07) is 14.3.